The minimum Gasteiger partial charge on any atom is -0.496 e. The number of esters is 1. The summed E-state index contributed by atoms with van der Waals surface area (Å²) in [7, 11) is 12.3. The van der Waals surface area contributed by atoms with Crippen LogP contribution in [-0.4, -0.2) is 69.0 Å². The zero-order valence-corrected chi connectivity index (χ0v) is 25.2. The highest BCUT2D eigenvalue weighted by atomic mass is 16.6. The number of hydrogen-bond donors (Lipinski definition) is 0. The van der Waals surface area contributed by atoms with Crippen molar-refractivity contribution in [3.05, 3.63) is 53.1 Å². The van der Waals surface area contributed by atoms with Crippen LogP contribution in [0, 0.1) is 0 Å². The molecule has 3 aromatic rings. The molecule has 3 atom stereocenters. The van der Waals surface area contributed by atoms with E-state index in [2.05, 4.69) is 0 Å². The number of benzene rings is 3. The summed E-state index contributed by atoms with van der Waals surface area (Å²) in [6.07, 6.45) is -1.82. The number of carbonyl (C=O) groups is 1. The van der Waals surface area contributed by atoms with E-state index in [0.717, 1.165) is 0 Å². The Labute approximate surface area is 245 Å². The number of fused-ring (bicyclic) bond motifs is 1. The lowest BCUT2D eigenvalue weighted by atomic mass is 9.78. The van der Waals surface area contributed by atoms with Gasteiger partial charge in [-0.2, -0.15) is 0 Å². The summed E-state index contributed by atoms with van der Waals surface area (Å²) in [5, 5.41) is 0. The zero-order valence-electron chi connectivity index (χ0n) is 25.2. The molecular formula is C31H36O11. The smallest absolute Gasteiger partial charge is 0.303 e. The molecule has 0 fully saturated rings. The number of carbonyl (C=O) groups excluding carboxylic acids is 1. The van der Waals surface area contributed by atoms with Gasteiger partial charge in [-0.1, -0.05) is 0 Å². The molecule has 1 aliphatic rings. The van der Waals surface area contributed by atoms with Crippen molar-refractivity contribution in [2.45, 2.75) is 25.0 Å². The molecule has 0 unspecified atom stereocenters. The van der Waals surface area contributed by atoms with Crippen molar-refractivity contribution in [3.63, 3.8) is 0 Å². The highest BCUT2D eigenvalue weighted by molar-refractivity contribution is 5.69. The summed E-state index contributed by atoms with van der Waals surface area (Å²) < 4.78 is 58.1. The molecule has 3 aromatic carbocycles. The van der Waals surface area contributed by atoms with Crippen LogP contribution in [0.4, 0.5) is 0 Å². The minimum absolute atomic E-state index is 0.405. The normalized spacial score (nSPS) is 17.2. The maximum atomic E-state index is 12.7. The first-order valence-electron chi connectivity index (χ1n) is 13.0. The van der Waals surface area contributed by atoms with E-state index in [0.29, 0.717) is 68.4 Å². The van der Waals surface area contributed by atoms with Crippen LogP contribution in [0.2, 0.25) is 0 Å². The first kappa shape index (κ1) is 30.3. The Morgan fingerprint density at radius 1 is 0.595 bits per heavy atom. The molecule has 0 aliphatic carbocycles. The van der Waals surface area contributed by atoms with Gasteiger partial charge in [0.25, 0.3) is 0 Å². The Hall–Kier alpha value is -4.67. The third kappa shape index (κ3) is 5.46. The molecule has 0 bridgehead atoms. The fourth-order valence-corrected chi connectivity index (χ4v) is 5.30. The van der Waals surface area contributed by atoms with Crippen LogP contribution < -0.4 is 42.6 Å². The van der Waals surface area contributed by atoms with Crippen molar-refractivity contribution in [2.24, 2.45) is 0 Å². The predicted octanol–water partition coefficient (Wildman–Crippen LogP) is 4.95. The van der Waals surface area contributed by atoms with E-state index in [1.54, 1.807) is 71.9 Å². The first-order valence-corrected chi connectivity index (χ1v) is 13.0. The van der Waals surface area contributed by atoms with Gasteiger partial charge < -0.3 is 47.4 Å². The molecular weight excluding hydrogens is 548 g/mol. The molecule has 11 nitrogen and oxygen atoms in total. The molecule has 1 aliphatic heterocycles. The third-order valence-corrected chi connectivity index (χ3v) is 7.11. The highest BCUT2D eigenvalue weighted by Gasteiger charge is 2.47. The Balaban J connectivity index is 2.11. The fourth-order valence-electron chi connectivity index (χ4n) is 5.30. The van der Waals surface area contributed by atoms with Crippen LogP contribution in [-0.2, 0) is 9.53 Å². The zero-order chi connectivity index (χ0) is 30.6. The lowest BCUT2D eigenvalue weighted by molar-refractivity contribution is -0.153. The van der Waals surface area contributed by atoms with E-state index in [1.807, 2.05) is 0 Å². The summed E-state index contributed by atoms with van der Waals surface area (Å²) >= 11 is 0. The molecule has 0 amide bonds. The number of methoxy groups -OCH3 is 8. The Kier molecular flexibility index (Phi) is 9.29. The van der Waals surface area contributed by atoms with Gasteiger partial charge >= 0.3 is 5.97 Å². The third-order valence-electron chi connectivity index (χ3n) is 7.11. The largest absolute Gasteiger partial charge is 0.496 e. The standard InChI is InChI=1S/C31H36O11/c1-16(32)41-31-28(26-20(35-4)12-18(33-2)13-21(26)36-5)27-22(37-6)14-19(34-3)15-23(27)42-29(31)17-10-24(38-7)30(40-9)25(11-17)39-8/h10-15,28-29,31H,1-9H3/t28-,29+,31+/m0/s1. The average Bonchev–Trinajstić information content (AvgIpc) is 3.02. The second-order valence-electron chi connectivity index (χ2n) is 9.24. The molecule has 0 spiro atoms. The van der Waals surface area contributed by atoms with E-state index in [4.69, 9.17) is 47.4 Å². The number of rotatable bonds is 11. The summed E-state index contributed by atoms with van der Waals surface area (Å²) in [6, 6.07) is 10.5. The van der Waals surface area contributed by atoms with E-state index in [9.17, 15) is 4.79 Å². The maximum Gasteiger partial charge on any atom is 0.303 e. The van der Waals surface area contributed by atoms with Gasteiger partial charge in [0.1, 0.15) is 34.5 Å². The van der Waals surface area contributed by atoms with E-state index < -0.39 is 24.1 Å². The summed E-state index contributed by atoms with van der Waals surface area (Å²) in [4.78, 5) is 12.7. The second-order valence-corrected chi connectivity index (χ2v) is 9.24. The van der Waals surface area contributed by atoms with Crippen LogP contribution >= 0.6 is 0 Å². The summed E-state index contributed by atoms with van der Waals surface area (Å²) in [5.41, 5.74) is 1.80. The van der Waals surface area contributed by atoms with Gasteiger partial charge in [-0.05, 0) is 12.1 Å². The lowest BCUT2D eigenvalue weighted by Gasteiger charge is -2.41. The Bertz CT molecular complexity index is 1380. The van der Waals surface area contributed by atoms with Crippen molar-refractivity contribution < 1.29 is 52.2 Å². The lowest BCUT2D eigenvalue weighted by Crippen LogP contribution is -2.39. The van der Waals surface area contributed by atoms with Crippen molar-refractivity contribution in [1.29, 1.82) is 0 Å². The molecule has 4 rings (SSSR count). The molecule has 1 heterocycles. The maximum absolute atomic E-state index is 12.7. The van der Waals surface area contributed by atoms with Crippen LogP contribution in [0.3, 0.4) is 0 Å². The van der Waals surface area contributed by atoms with Gasteiger partial charge in [0.15, 0.2) is 23.7 Å². The summed E-state index contributed by atoms with van der Waals surface area (Å²) in [6.45, 7) is 1.34. The van der Waals surface area contributed by atoms with Gasteiger partial charge in [0.05, 0.1) is 62.8 Å². The molecule has 0 aromatic heterocycles. The Morgan fingerprint density at radius 2 is 1.07 bits per heavy atom. The van der Waals surface area contributed by atoms with Gasteiger partial charge in [-0.15, -0.1) is 0 Å². The molecule has 0 radical (unpaired) electrons. The monoisotopic (exact) mass is 584 g/mol. The van der Waals surface area contributed by atoms with Crippen molar-refractivity contribution >= 4 is 5.97 Å². The second kappa shape index (κ2) is 12.9. The van der Waals surface area contributed by atoms with Crippen molar-refractivity contribution in [1.82, 2.24) is 0 Å². The van der Waals surface area contributed by atoms with Crippen LogP contribution in [0.5, 0.6) is 51.7 Å². The SMILES string of the molecule is COc1cc(OC)c([C@H]2c3c(OC)cc(OC)cc3O[C@H](c3cc(OC)c(OC)c(OC)c3)[C@@H]2OC(C)=O)c(OC)c1. The van der Waals surface area contributed by atoms with Crippen LogP contribution in [0.1, 0.15) is 35.6 Å². The molecule has 0 N–H and O–H groups in total. The van der Waals surface area contributed by atoms with Crippen molar-refractivity contribution in [3.8, 4) is 51.7 Å². The minimum atomic E-state index is -0.948. The molecule has 11 heteroatoms. The predicted molar refractivity (Wildman–Crippen MR) is 153 cm³/mol. The molecule has 0 saturated carbocycles. The number of hydrogen-bond acceptors (Lipinski definition) is 11. The first-order chi connectivity index (χ1) is 20.3. The van der Waals surface area contributed by atoms with E-state index in [-0.39, 0.29) is 0 Å². The molecule has 226 valence electrons. The molecule has 0 saturated heterocycles. The molecule has 42 heavy (non-hydrogen) atoms. The number of ether oxygens (including phenoxy) is 10. The van der Waals surface area contributed by atoms with Gasteiger partial charge in [0.2, 0.25) is 5.75 Å². The quantitative estimate of drug-likeness (QED) is 0.286. The fraction of sp³-hybridized carbons (Fsp3) is 0.387. The van der Waals surface area contributed by atoms with Gasteiger partial charge in [-0.25, -0.2) is 0 Å². The Morgan fingerprint density at radius 3 is 1.50 bits per heavy atom. The van der Waals surface area contributed by atoms with Crippen molar-refractivity contribution in [2.75, 3.05) is 56.9 Å². The van der Waals surface area contributed by atoms with E-state index >= 15 is 0 Å². The summed E-state index contributed by atoms with van der Waals surface area (Å²) in [5.74, 6) is 2.80. The van der Waals surface area contributed by atoms with Crippen LogP contribution in [0.15, 0.2) is 36.4 Å². The van der Waals surface area contributed by atoms with Gasteiger partial charge in [0, 0.05) is 47.9 Å². The van der Waals surface area contributed by atoms with Crippen LogP contribution in [0.25, 0.3) is 0 Å². The highest BCUT2D eigenvalue weighted by Crippen LogP contribution is 2.56. The topological polar surface area (TPSA) is 109 Å². The van der Waals surface area contributed by atoms with Gasteiger partial charge in [-0.3, -0.25) is 4.79 Å². The van der Waals surface area contributed by atoms with E-state index in [1.165, 1.54) is 28.3 Å². The average molecular weight is 585 g/mol.